The molecule has 1 aliphatic heterocycles. The van der Waals surface area contributed by atoms with Gasteiger partial charge in [0.2, 0.25) is 0 Å². The van der Waals surface area contributed by atoms with E-state index in [0.29, 0.717) is 0 Å². The number of para-hydroxylation sites is 1. The summed E-state index contributed by atoms with van der Waals surface area (Å²) in [5.74, 6) is 0. The van der Waals surface area contributed by atoms with Crippen molar-refractivity contribution in [2.24, 2.45) is 0 Å². The smallest absolute Gasteiger partial charge is 0.142 e. The van der Waals surface area contributed by atoms with Crippen molar-refractivity contribution in [1.29, 1.82) is 0 Å². The number of anilines is 1. The number of carbonyl (C=O) groups is 1. The van der Waals surface area contributed by atoms with Crippen LogP contribution in [0.1, 0.15) is 0 Å². The van der Waals surface area contributed by atoms with Crippen LogP contribution in [-0.4, -0.2) is 12.3 Å². The van der Waals surface area contributed by atoms with Gasteiger partial charge in [0.15, 0.2) is 0 Å². The van der Waals surface area contributed by atoms with Gasteiger partial charge in [-0.3, -0.25) is 5.01 Å². The van der Waals surface area contributed by atoms with Gasteiger partial charge < -0.3 is 4.79 Å². The number of nitrogens with zero attached hydrogens (tertiary/aromatic N) is 1. The lowest BCUT2D eigenvalue weighted by Gasteiger charge is -2.17. The molecule has 0 fully saturated rings. The highest BCUT2D eigenvalue weighted by Crippen LogP contribution is 2.14. The van der Waals surface area contributed by atoms with Crippen LogP contribution < -0.4 is 10.4 Å². The number of rotatable bonds is 2. The van der Waals surface area contributed by atoms with Gasteiger partial charge in [0.1, 0.15) is 12.3 Å². The molecule has 13 heavy (non-hydrogen) atoms. The topological polar surface area (TPSA) is 32.3 Å². The second-order valence-corrected chi connectivity index (χ2v) is 2.84. The van der Waals surface area contributed by atoms with Crippen LogP contribution in [-0.2, 0) is 4.79 Å². The van der Waals surface area contributed by atoms with Crippen LogP contribution in [0.3, 0.4) is 0 Å². The standard InChI is InChI=1S/C10H10N2O/c13-8-9-6-7-12(11-9)10-4-2-1-3-5-10/h1-9,11H. The summed E-state index contributed by atoms with van der Waals surface area (Å²) in [6, 6.07) is 9.63. The number of hydrazine groups is 1. The van der Waals surface area contributed by atoms with Gasteiger partial charge in [-0.25, -0.2) is 5.43 Å². The first-order chi connectivity index (χ1) is 6.40. The zero-order chi connectivity index (χ0) is 9.10. The van der Waals surface area contributed by atoms with Crippen LogP contribution in [0.5, 0.6) is 0 Å². The van der Waals surface area contributed by atoms with Gasteiger partial charge in [0.25, 0.3) is 0 Å². The third-order valence-electron chi connectivity index (χ3n) is 1.91. The van der Waals surface area contributed by atoms with E-state index in [1.807, 2.05) is 47.6 Å². The lowest BCUT2D eigenvalue weighted by atomic mass is 10.3. The molecule has 0 aromatic heterocycles. The first-order valence-corrected chi connectivity index (χ1v) is 4.14. The summed E-state index contributed by atoms with van der Waals surface area (Å²) < 4.78 is 0. The maximum absolute atomic E-state index is 10.4. The number of benzene rings is 1. The highest BCUT2D eigenvalue weighted by molar-refractivity contribution is 5.64. The molecule has 1 N–H and O–H groups in total. The van der Waals surface area contributed by atoms with Crippen LogP contribution in [0.25, 0.3) is 0 Å². The SMILES string of the molecule is O=CC1C=CN(c2ccccc2)N1. The van der Waals surface area contributed by atoms with Crippen molar-refractivity contribution in [3.8, 4) is 0 Å². The predicted molar refractivity (Wildman–Crippen MR) is 51.0 cm³/mol. The van der Waals surface area contributed by atoms with E-state index >= 15 is 0 Å². The molecule has 66 valence electrons. The van der Waals surface area contributed by atoms with Crippen molar-refractivity contribution in [2.45, 2.75) is 6.04 Å². The Kier molecular flexibility index (Phi) is 2.10. The summed E-state index contributed by atoms with van der Waals surface area (Å²) in [4.78, 5) is 10.4. The molecule has 1 unspecified atom stereocenters. The highest BCUT2D eigenvalue weighted by Gasteiger charge is 2.14. The number of hydrogen-bond acceptors (Lipinski definition) is 3. The summed E-state index contributed by atoms with van der Waals surface area (Å²) in [6.07, 6.45) is 4.55. The lowest BCUT2D eigenvalue weighted by Crippen LogP contribution is -2.35. The average Bonchev–Trinajstić information content (AvgIpc) is 2.67. The largest absolute Gasteiger partial charge is 0.301 e. The molecule has 0 radical (unpaired) electrons. The van der Waals surface area contributed by atoms with Crippen molar-refractivity contribution in [3.63, 3.8) is 0 Å². The molecule has 3 nitrogen and oxygen atoms in total. The van der Waals surface area contributed by atoms with Gasteiger partial charge in [-0.05, 0) is 18.2 Å². The summed E-state index contributed by atoms with van der Waals surface area (Å²) in [7, 11) is 0. The minimum absolute atomic E-state index is 0.194. The Bertz CT molecular complexity index is 321. The zero-order valence-electron chi connectivity index (χ0n) is 7.05. The summed E-state index contributed by atoms with van der Waals surface area (Å²) >= 11 is 0. The number of nitrogens with one attached hydrogen (secondary N) is 1. The number of hydrogen-bond donors (Lipinski definition) is 1. The summed E-state index contributed by atoms with van der Waals surface area (Å²) in [5.41, 5.74) is 4.04. The molecule has 0 bridgehead atoms. The third-order valence-corrected chi connectivity index (χ3v) is 1.91. The fourth-order valence-corrected chi connectivity index (χ4v) is 1.25. The maximum atomic E-state index is 10.4. The van der Waals surface area contributed by atoms with Crippen LogP contribution in [0.15, 0.2) is 42.6 Å². The van der Waals surface area contributed by atoms with Gasteiger partial charge in [-0.1, -0.05) is 18.2 Å². The molecule has 1 atom stereocenters. The Morgan fingerprint density at radius 1 is 1.31 bits per heavy atom. The van der Waals surface area contributed by atoms with Crippen molar-refractivity contribution in [3.05, 3.63) is 42.6 Å². The van der Waals surface area contributed by atoms with Crippen molar-refractivity contribution in [1.82, 2.24) is 5.43 Å². The maximum Gasteiger partial charge on any atom is 0.142 e. The highest BCUT2D eigenvalue weighted by atomic mass is 16.1. The quantitative estimate of drug-likeness (QED) is 0.681. The third kappa shape index (κ3) is 1.60. The molecule has 0 aliphatic carbocycles. The molecule has 0 saturated carbocycles. The van der Waals surface area contributed by atoms with Crippen LogP contribution in [0.2, 0.25) is 0 Å². The molecular formula is C10H10N2O. The molecular weight excluding hydrogens is 164 g/mol. The Hall–Kier alpha value is -1.61. The minimum Gasteiger partial charge on any atom is -0.301 e. The Balaban J connectivity index is 2.14. The first kappa shape index (κ1) is 8.01. The Morgan fingerprint density at radius 3 is 2.69 bits per heavy atom. The van der Waals surface area contributed by atoms with E-state index in [0.717, 1.165) is 12.0 Å². The average molecular weight is 174 g/mol. The Morgan fingerprint density at radius 2 is 2.08 bits per heavy atom. The van der Waals surface area contributed by atoms with Crippen molar-refractivity contribution >= 4 is 12.0 Å². The van der Waals surface area contributed by atoms with E-state index in [-0.39, 0.29) is 6.04 Å². The first-order valence-electron chi connectivity index (χ1n) is 4.14. The van der Waals surface area contributed by atoms with Gasteiger partial charge in [-0.15, -0.1) is 0 Å². The van der Waals surface area contributed by atoms with Crippen molar-refractivity contribution in [2.75, 3.05) is 5.01 Å². The zero-order valence-corrected chi connectivity index (χ0v) is 7.05. The van der Waals surface area contributed by atoms with E-state index in [1.165, 1.54) is 0 Å². The monoisotopic (exact) mass is 174 g/mol. The van der Waals surface area contributed by atoms with Gasteiger partial charge in [0.05, 0.1) is 5.69 Å². The minimum atomic E-state index is -0.194. The molecule has 1 aromatic carbocycles. The van der Waals surface area contributed by atoms with Gasteiger partial charge in [-0.2, -0.15) is 0 Å². The van der Waals surface area contributed by atoms with Crippen molar-refractivity contribution < 1.29 is 4.79 Å². The Labute approximate surface area is 76.6 Å². The normalized spacial score (nSPS) is 20.6. The van der Waals surface area contributed by atoms with E-state index in [4.69, 9.17) is 0 Å². The van der Waals surface area contributed by atoms with Gasteiger partial charge in [0, 0.05) is 6.20 Å². The fraction of sp³-hybridized carbons (Fsp3) is 0.100. The van der Waals surface area contributed by atoms with Gasteiger partial charge >= 0.3 is 0 Å². The van der Waals surface area contributed by atoms with E-state index in [1.54, 1.807) is 0 Å². The summed E-state index contributed by atoms with van der Waals surface area (Å²) in [6.45, 7) is 0. The van der Waals surface area contributed by atoms with E-state index in [9.17, 15) is 4.79 Å². The molecule has 0 spiro atoms. The molecule has 1 heterocycles. The molecule has 2 rings (SSSR count). The fourth-order valence-electron chi connectivity index (χ4n) is 1.25. The molecule has 0 saturated heterocycles. The van der Waals surface area contributed by atoms with Crippen LogP contribution in [0, 0.1) is 0 Å². The van der Waals surface area contributed by atoms with E-state index < -0.39 is 0 Å². The lowest BCUT2D eigenvalue weighted by molar-refractivity contribution is -0.108. The molecule has 1 aliphatic rings. The van der Waals surface area contributed by atoms with E-state index in [2.05, 4.69) is 5.43 Å². The molecule has 3 heteroatoms. The number of aldehydes is 1. The number of carbonyl (C=O) groups excluding carboxylic acids is 1. The summed E-state index contributed by atoms with van der Waals surface area (Å²) in [5, 5.41) is 1.83. The molecule has 0 amide bonds. The van der Waals surface area contributed by atoms with Crippen LogP contribution in [0.4, 0.5) is 5.69 Å². The second-order valence-electron chi connectivity index (χ2n) is 2.84. The predicted octanol–water partition coefficient (Wildman–Crippen LogP) is 1.09. The molecule has 1 aromatic rings. The second kappa shape index (κ2) is 3.41. The van der Waals surface area contributed by atoms with Crippen LogP contribution >= 0.6 is 0 Å².